The molecular weight excluding hydrogens is 222 g/mol. The number of nitrogens with one attached hydrogen (secondary N) is 1. The lowest BCUT2D eigenvalue weighted by Gasteiger charge is -2.15. The van der Waals surface area contributed by atoms with Gasteiger partial charge in [-0.3, -0.25) is 0 Å². The van der Waals surface area contributed by atoms with Gasteiger partial charge in [-0.1, -0.05) is 71.6 Å². The van der Waals surface area contributed by atoms with Crippen molar-refractivity contribution in [1.82, 2.24) is 15.4 Å². The van der Waals surface area contributed by atoms with E-state index in [4.69, 9.17) is 0 Å². The highest BCUT2D eigenvalue weighted by Crippen LogP contribution is 2.20. The lowest BCUT2D eigenvalue weighted by molar-refractivity contribution is 0.406. The Morgan fingerprint density at radius 3 is 2.39 bits per heavy atom. The molecule has 0 aliphatic heterocycles. The van der Waals surface area contributed by atoms with E-state index in [2.05, 4.69) is 29.3 Å². The van der Waals surface area contributed by atoms with E-state index in [-0.39, 0.29) is 0 Å². The van der Waals surface area contributed by atoms with Crippen LogP contribution in [0.2, 0.25) is 0 Å². The second-order valence-corrected chi connectivity index (χ2v) is 5.38. The highest BCUT2D eigenvalue weighted by atomic mass is 15.3. The third-order valence-corrected chi connectivity index (χ3v) is 3.64. The Balaban J connectivity index is 2.22. The Labute approximate surface area is 112 Å². The normalized spacial score (nSPS) is 12.8. The van der Waals surface area contributed by atoms with E-state index in [1.165, 1.54) is 57.8 Å². The first-order valence-electron chi connectivity index (χ1n) is 7.71. The molecule has 1 atom stereocenters. The second-order valence-electron chi connectivity index (χ2n) is 5.38. The Bertz CT molecular complexity index is 269. The van der Waals surface area contributed by atoms with E-state index in [1.54, 1.807) is 0 Å². The quantitative estimate of drug-likeness (QED) is 0.588. The average molecular weight is 251 g/mol. The van der Waals surface area contributed by atoms with Crippen LogP contribution in [-0.2, 0) is 6.42 Å². The molecule has 0 spiro atoms. The molecule has 0 aliphatic rings. The maximum Gasteiger partial charge on any atom is 0.0827 e. The molecule has 1 rings (SSSR count). The van der Waals surface area contributed by atoms with Crippen LogP contribution in [0.4, 0.5) is 0 Å². The van der Waals surface area contributed by atoms with Gasteiger partial charge in [0.15, 0.2) is 0 Å². The first-order valence-corrected chi connectivity index (χ1v) is 7.71. The summed E-state index contributed by atoms with van der Waals surface area (Å²) >= 11 is 0. The van der Waals surface area contributed by atoms with Gasteiger partial charge in [-0.25, -0.2) is 0 Å². The van der Waals surface area contributed by atoms with Crippen molar-refractivity contribution >= 4 is 0 Å². The van der Waals surface area contributed by atoms with E-state index < -0.39 is 0 Å². The van der Waals surface area contributed by atoms with Crippen molar-refractivity contribution in [3.63, 3.8) is 0 Å². The van der Waals surface area contributed by atoms with Gasteiger partial charge < -0.3 is 0 Å². The fraction of sp³-hybridized carbons (Fsp3) is 0.867. The SMILES string of the molecule is CCCCCCCC(CCCC)Cc1cn[nH]n1. The number of hydrogen-bond donors (Lipinski definition) is 1. The van der Waals surface area contributed by atoms with Crippen molar-refractivity contribution < 1.29 is 0 Å². The minimum atomic E-state index is 0.802. The summed E-state index contributed by atoms with van der Waals surface area (Å²) in [4.78, 5) is 0. The van der Waals surface area contributed by atoms with Crippen LogP contribution in [0.3, 0.4) is 0 Å². The molecule has 0 aliphatic carbocycles. The molecule has 18 heavy (non-hydrogen) atoms. The Morgan fingerprint density at radius 1 is 1.00 bits per heavy atom. The van der Waals surface area contributed by atoms with Gasteiger partial charge in [0.2, 0.25) is 0 Å². The first-order chi connectivity index (χ1) is 8.86. The standard InChI is InChI=1S/C15H29N3/c1-3-5-7-8-9-11-14(10-6-4-2)12-15-13-16-18-17-15/h13-14H,3-12H2,1-2H3,(H,16,17,18). The molecule has 1 aromatic rings. The molecule has 1 unspecified atom stereocenters. The highest BCUT2D eigenvalue weighted by Gasteiger charge is 2.10. The highest BCUT2D eigenvalue weighted by molar-refractivity contribution is 4.92. The summed E-state index contributed by atoms with van der Waals surface area (Å²) in [6, 6.07) is 0. The van der Waals surface area contributed by atoms with Crippen molar-refractivity contribution in [3.8, 4) is 0 Å². The molecule has 104 valence electrons. The lowest BCUT2D eigenvalue weighted by atomic mass is 9.91. The van der Waals surface area contributed by atoms with Crippen LogP contribution < -0.4 is 0 Å². The summed E-state index contributed by atoms with van der Waals surface area (Å²) in [5, 5.41) is 10.8. The monoisotopic (exact) mass is 251 g/mol. The third-order valence-electron chi connectivity index (χ3n) is 3.64. The second kappa shape index (κ2) is 10.1. The first kappa shape index (κ1) is 15.2. The van der Waals surface area contributed by atoms with E-state index >= 15 is 0 Å². The molecule has 0 fully saturated rings. The van der Waals surface area contributed by atoms with Gasteiger partial charge >= 0.3 is 0 Å². The summed E-state index contributed by atoms with van der Waals surface area (Å²) in [5.41, 5.74) is 1.13. The fourth-order valence-electron chi connectivity index (χ4n) is 2.50. The molecule has 0 bridgehead atoms. The van der Waals surface area contributed by atoms with Crippen molar-refractivity contribution in [3.05, 3.63) is 11.9 Å². The molecule has 0 aromatic carbocycles. The van der Waals surface area contributed by atoms with Crippen molar-refractivity contribution in [1.29, 1.82) is 0 Å². The molecule has 1 aromatic heterocycles. The maximum absolute atomic E-state index is 4.19. The van der Waals surface area contributed by atoms with Crippen molar-refractivity contribution in [2.75, 3.05) is 0 Å². The van der Waals surface area contributed by atoms with E-state index in [0.29, 0.717) is 0 Å². The Morgan fingerprint density at radius 2 is 1.72 bits per heavy atom. The Kier molecular flexibility index (Phi) is 8.53. The van der Waals surface area contributed by atoms with Crippen LogP contribution >= 0.6 is 0 Å². The van der Waals surface area contributed by atoms with Crippen molar-refractivity contribution in [2.45, 2.75) is 78.1 Å². The molecule has 3 heteroatoms. The van der Waals surface area contributed by atoms with Crippen molar-refractivity contribution in [2.24, 2.45) is 5.92 Å². The van der Waals surface area contributed by atoms with Gasteiger partial charge in [-0.15, -0.1) is 0 Å². The molecule has 0 saturated heterocycles. The zero-order valence-electron chi connectivity index (χ0n) is 12.1. The minimum Gasteiger partial charge on any atom is -0.198 e. The lowest BCUT2D eigenvalue weighted by Crippen LogP contribution is -2.05. The van der Waals surface area contributed by atoms with Gasteiger partial charge in [-0.05, 0) is 12.3 Å². The van der Waals surface area contributed by atoms with Crippen LogP contribution in [-0.4, -0.2) is 15.4 Å². The van der Waals surface area contributed by atoms with Crippen LogP contribution in [0, 0.1) is 5.92 Å². The molecule has 3 nitrogen and oxygen atoms in total. The zero-order chi connectivity index (χ0) is 13.1. The largest absolute Gasteiger partial charge is 0.198 e. The summed E-state index contributed by atoms with van der Waals surface area (Å²) in [6.45, 7) is 4.54. The fourth-order valence-corrected chi connectivity index (χ4v) is 2.50. The number of hydrogen-bond acceptors (Lipinski definition) is 2. The summed E-state index contributed by atoms with van der Waals surface area (Å²) in [6.07, 6.45) is 15.2. The molecule has 1 N–H and O–H groups in total. The summed E-state index contributed by atoms with van der Waals surface area (Å²) in [7, 11) is 0. The van der Waals surface area contributed by atoms with Crippen LogP contribution in [0.1, 0.15) is 77.3 Å². The number of aromatic amines is 1. The topological polar surface area (TPSA) is 41.6 Å². The average Bonchev–Trinajstić information content (AvgIpc) is 2.88. The molecule has 0 amide bonds. The smallest absolute Gasteiger partial charge is 0.0827 e. The molecule has 1 heterocycles. The van der Waals surface area contributed by atoms with Crippen LogP contribution in [0.25, 0.3) is 0 Å². The van der Waals surface area contributed by atoms with Gasteiger partial charge in [0.05, 0.1) is 11.9 Å². The van der Waals surface area contributed by atoms with E-state index in [9.17, 15) is 0 Å². The predicted octanol–water partition coefficient (Wildman–Crippen LogP) is 4.51. The predicted molar refractivity (Wildman–Crippen MR) is 76.5 cm³/mol. The van der Waals surface area contributed by atoms with Crippen LogP contribution in [0.5, 0.6) is 0 Å². The minimum absolute atomic E-state index is 0.802. The molecular formula is C15H29N3. The molecule has 0 radical (unpaired) electrons. The maximum atomic E-state index is 4.19. The van der Waals surface area contributed by atoms with Gasteiger partial charge in [0.25, 0.3) is 0 Å². The van der Waals surface area contributed by atoms with Gasteiger partial charge in [-0.2, -0.15) is 15.4 Å². The van der Waals surface area contributed by atoms with Gasteiger partial charge in [0.1, 0.15) is 0 Å². The van der Waals surface area contributed by atoms with Gasteiger partial charge in [0, 0.05) is 0 Å². The van der Waals surface area contributed by atoms with Crippen LogP contribution in [0.15, 0.2) is 6.20 Å². The van der Waals surface area contributed by atoms with E-state index in [0.717, 1.165) is 18.0 Å². The molecule has 0 saturated carbocycles. The Hall–Kier alpha value is -0.860. The number of H-pyrrole nitrogens is 1. The summed E-state index contributed by atoms with van der Waals surface area (Å²) in [5.74, 6) is 0.802. The number of aromatic nitrogens is 3. The zero-order valence-corrected chi connectivity index (χ0v) is 12.1. The third kappa shape index (κ3) is 6.77. The van der Waals surface area contributed by atoms with E-state index in [1.807, 2.05) is 6.20 Å². The number of rotatable bonds is 11. The number of unbranched alkanes of at least 4 members (excludes halogenated alkanes) is 5. The number of nitrogens with zero attached hydrogens (tertiary/aromatic N) is 2. The summed E-state index contributed by atoms with van der Waals surface area (Å²) < 4.78 is 0.